The molecule has 3 rings (SSSR count). The monoisotopic (exact) mass is 299 g/mol. The van der Waals surface area contributed by atoms with Crippen molar-refractivity contribution >= 4 is 23.0 Å². The van der Waals surface area contributed by atoms with Crippen LogP contribution >= 0.6 is 11.3 Å². The van der Waals surface area contributed by atoms with Crippen molar-refractivity contribution in [3.63, 3.8) is 0 Å². The van der Waals surface area contributed by atoms with Crippen LogP contribution in [0.4, 0.5) is 5.69 Å². The van der Waals surface area contributed by atoms with E-state index < -0.39 is 5.97 Å². The molecule has 0 spiro atoms. The molecule has 1 saturated carbocycles. The Kier molecular flexibility index (Phi) is 3.63. The topological polar surface area (TPSA) is 50.9 Å². The molecular weight excluding hydrogens is 286 g/mol. The van der Waals surface area contributed by atoms with Gasteiger partial charge in [-0.15, -0.1) is 11.3 Å². The Morgan fingerprint density at radius 3 is 2.71 bits per heavy atom. The third kappa shape index (κ3) is 2.76. The van der Waals surface area contributed by atoms with Gasteiger partial charge >= 0.3 is 5.97 Å². The second-order valence-electron chi connectivity index (χ2n) is 4.93. The second kappa shape index (κ2) is 5.58. The number of thiophene rings is 1. The molecular formula is C16H13NO3S. The van der Waals surface area contributed by atoms with Gasteiger partial charge in [-0.3, -0.25) is 0 Å². The van der Waals surface area contributed by atoms with Crippen LogP contribution in [-0.4, -0.2) is 17.2 Å². The van der Waals surface area contributed by atoms with E-state index in [4.69, 9.17) is 16.4 Å². The van der Waals surface area contributed by atoms with E-state index in [1.165, 1.54) is 17.8 Å². The van der Waals surface area contributed by atoms with Gasteiger partial charge in [-0.05, 0) is 49.1 Å². The first kappa shape index (κ1) is 13.7. The van der Waals surface area contributed by atoms with Gasteiger partial charge in [0.25, 0.3) is 0 Å². The first-order valence-corrected chi connectivity index (χ1v) is 7.50. The Bertz CT molecular complexity index is 725. The summed E-state index contributed by atoms with van der Waals surface area (Å²) >= 11 is 1.21. The molecule has 1 heterocycles. The Morgan fingerprint density at radius 1 is 1.33 bits per heavy atom. The summed E-state index contributed by atoms with van der Waals surface area (Å²) in [4.78, 5) is 15.6. The van der Waals surface area contributed by atoms with Crippen molar-refractivity contribution in [2.24, 2.45) is 0 Å². The highest BCUT2D eigenvalue weighted by atomic mass is 32.1. The lowest BCUT2D eigenvalue weighted by atomic mass is 9.96. The second-order valence-corrected chi connectivity index (χ2v) is 6.02. The predicted octanol–water partition coefficient (Wildman–Crippen LogP) is 4.60. The van der Waals surface area contributed by atoms with Gasteiger partial charge < -0.3 is 9.84 Å². The quantitative estimate of drug-likeness (QED) is 0.840. The van der Waals surface area contributed by atoms with Crippen molar-refractivity contribution < 1.29 is 14.6 Å². The van der Waals surface area contributed by atoms with Crippen LogP contribution in [0.1, 0.15) is 28.9 Å². The molecule has 2 aromatic rings. The van der Waals surface area contributed by atoms with Crippen LogP contribution in [0.3, 0.4) is 0 Å². The van der Waals surface area contributed by atoms with E-state index >= 15 is 0 Å². The third-order valence-corrected chi connectivity index (χ3v) is 4.65. The Balaban J connectivity index is 1.89. The first-order chi connectivity index (χ1) is 10.2. The number of carboxylic acid groups (broad SMARTS) is 1. The molecule has 0 unspecified atom stereocenters. The number of rotatable bonds is 4. The highest BCUT2D eigenvalue weighted by Crippen LogP contribution is 2.37. The minimum atomic E-state index is -0.929. The average Bonchev–Trinajstić information content (AvgIpc) is 2.92. The maximum absolute atomic E-state index is 10.9. The lowest BCUT2D eigenvalue weighted by molar-refractivity contribution is 0.0702. The summed E-state index contributed by atoms with van der Waals surface area (Å²) in [5.41, 5.74) is 1.32. The van der Waals surface area contributed by atoms with Crippen LogP contribution in [-0.2, 0) is 0 Å². The van der Waals surface area contributed by atoms with Gasteiger partial charge in [0.2, 0.25) is 5.69 Å². The fraction of sp³-hybridized carbons (Fsp3) is 0.250. The molecule has 0 radical (unpaired) electrons. The van der Waals surface area contributed by atoms with Crippen LogP contribution in [0.5, 0.6) is 5.75 Å². The van der Waals surface area contributed by atoms with Gasteiger partial charge in [-0.25, -0.2) is 9.64 Å². The Hall–Kier alpha value is -2.32. The maximum Gasteiger partial charge on any atom is 0.345 e. The molecule has 1 aromatic heterocycles. The average molecular weight is 299 g/mol. The SMILES string of the molecule is [C-]#[N+]c1cc(-c2ccc(C(=O)O)s2)ccc1OC1CCC1. The van der Waals surface area contributed by atoms with Crippen LogP contribution in [0.25, 0.3) is 15.3 Å². The smallest absolute Gasteiger partial charge is 0.345 e. The summed E-state index contributed by atoms with van der Waals surface area (Å²) < 4.78 is 5.80. The molecule has 1 aliphatic carbocycles. The molecule has 0 bridgehead atoms. The molecule has 21 heavy (non-hydrogen) atoms. The van der Waals surface area contributed by atoms with E-state index in [1.54, 1.807) is 24.3 Å². The summed E-state index contributed by atoms with van der Waals surface area (Å²) in [6.45, 7) is 7.29. The maximum atomic E-state index is 10.9. The molecule has 5 heteroatoms. The highest BCUT2D eigenvalue weighted by molar-refractivity contribution is 7.17. The summed E-state index contributed by atoms with van der Waals surface area (Å²) in [5, 5.41) is 8.96. The van der Waals surface area contributed by atoms with E-state index in [0.717, 1.165) is 23.3 Å². The molecule has 0 aliphatic heterocycles. The predicted molar refractivity (Wildman–Crippen MR) is 81.2 cm³/mol. The van der Waals surface area contributed by atoms with E-state index in [-0.39, 0.29) is 6.10 Å². The standard InChI is InChI=1S/C16H13NO3S/c1-17-12-9-10(14-7-8-15(21-14)16(18)19)5-6-13(12)20-11-3-2-4-11/h5-9,11H,2-4H2,(H,18,19). The number of carboxylic acids is 1. The van der Waals surface area contributed by atoms with Crippen molar-refractivity contribution in [2.75, 3.05) is 0 Å². The fourth-order valence-corrected chi connectivity index (χ4v) is 2.98. The summed E-state index contributed by atoms with van der Waals surface area (Å²) in [6.07, 6.45) is 3.51. The van der Waals surface area contributed by atoms with Gasteiger partial charge in [0.15, 0.2) is 0 Å². The van der Waals surface area contributed by atoms with Crippen molar-refractivity contribution in [1.82, 2.24) is 0 Å². The first-order valence-electron chi connectivity index (χ1n) is 6.69. The molecule has 1 fully saturated rings. The highest BCUT2D eigenvalue weighted by Gasteiger charge is 2.20. The van der Waals surface area contributed by atoms with E-state index in [2.05, 4.69) is 4.85 Å². The fourth-order valence-electron chi connectivity index (χ4n) is 2.13. The lowest BCUT2D eigenvalue weighted by Crippen LogP contribution is -2.24. The molecule has 0 saturated heterocycles. The number of benzene rings is 1. The summed E-state index contributed by atoms with van der Waals surface area (Å²) in [7, 11) is 0. The van der Waals surface area contributed by atoms with Gasteiger partial charge in [0.05, 0.1) is 12.7 Å². The van der Waals surface area contributed by atoms with Crippen molar-refractivity contribution in [1.29, 1.82) is 0 Å². The summed E-state index contributed by atoms with van der Waals surface area (Å²) in [6, 6.07) is 8.79. The van der Waals surface area contributed by atoms with Gasteiger partial charge in [0.1, 0.15) is 10.6 Å². The minimum absolute atomic E-state index is 0.233. The van der Waals surface area contributed by atoms with E-state index in [0.29, 0.717) is 16.3 Å². The summed E-state index contributed by atoms with van der Waals surface area (Å²) in [5.74, 6) is -0.310. The van der Waals surface area contributed by atoms with Crippen LogP contribution in [0.2, 0.25) is 0 Å². The number of hydrogen-bond acceptors (Lipinski definition) is 3. The molecule has 1 N–H and O–H groups in total. The van der Waals surface area contributed by atoms with Gasteiger partial charge in [-0.2, -0.15) is 0 Å². The van der Waals surface area contributed by atoms with Crippen LogP contribution in [0.15, 0.2) is 30.3 Å². The number of ether oxygens (including phenoxy) is 1. The van der Waals surface area contributed by atoms with Crippen LogP contribution < -0.4 is 4.74 Å². The number of nitrogens with zero attached hydrogens (tertiary/aromatic N) is 1. The van der Waals surface area contributed by atoms with E-state index in [9.17, 15) is 4.79 Å². The molecule has 4 nitrogen and oxygen atoms in total. The van der Waals surface area contributed by atoms with Crippen molar-refractivity contribution in [3.05, 3.63) is 46.6 Å². The largest absolute Gasteiger partial charge is 0.501 e. The molecule has 106 valence electrons. The third-order valence-electron chi connectivity index (χ3n) is 3.53. The minimum Gasteiger partial charge on any atom is -0.501 e. The molecule has 0 atom stereocenters. The number of carbonyl (C=O) groups is 1. The zero-order valence-electron chi connectivity index (χ0n) is 11.2. The molecule has 1 aromatic carbocycles. The zero-order valence-corrected chi connectivity index (χ0v) is 12.0. The van der Waals surface area contributed by atoms with Crippen molar-refractivity contribution in [3.8, 4) is 16.2 Å². The Morgan fingerprint density at radius 2 is 2.14 bits per heavy atom. The molecule has 0 amide bonds. The molecule has 1 aliphatic rings. The van der Waals surface area contributed by atoms with Gasteiger partial charge in [-0.1, -0.05) is 6.07 Å². The van der Waals surface area contributed by atoms with Crippen molar-refractivity contribution in [2.45, 2.75) is 25.4 Å². The lowest BCUT2D eigenvalue weighted by Gasteiger charge is -2.27. The van der Waals surface area contributed by atoms with Crippen LogP contribution in [0, 0.1) is 6.57 Å². The number of aromatic carboxylic acids is 1. The zero-order chi connectivity index (χ0) is 14.8. The Labute approximate surface area is 126 Å². The number of hydrogen-bond donors (Lipinski definition) is 1. The van der Waals surface area contributed by atoms with E-state index in [1.807, 2.05) is 6.07 Å². The van der Waals surface area contributed by atoms with Gasteiger partial charge in [0, 0.05) is 4.88 Å². The normalized spacial score (nSPS) is 14.2.